The number of carbonyl (C=O) groups is 1. The fourth-order valence-corrected chi connectivity index (χ4v) is 3.61. The van der Waals surface area contributed by atoms with E-state index in [2.05, 4.69) is 10.6 Å². The lowest BCUT2D eigenvalue weighted by Gasteiger charge is -2.40. The van der Waals surface area contributed by atoms with E-state index < -0.39 is 0 Å². The molecule has 0 spiro atoms. The highest BCUT2D eigenvalue weighted by Crippen LogP contribution is 2.44. The summed E-state index contributed by atoms with van der Waals surface area (Å²) in [5.41, 5.74) is -0.127. The zero-order valence-corrected chi connectivity index (χ0v) is 14.8. The van der Waals surface area contributed by atoms with Crippen molar-refractivity contribution in [3.05, 3.63) is 0 Å². The molecule has 0 bridgehead atoms. The minimum Gasteiger partial charge on any atom is -0.385 e. The first kappa shape index (κ1) is 19.7. The van der Waals surface area contributed by atoms with E-state index in [1.807, 2.05) is 0 Å². The maximum Gasteiger partial charge on any atom is 0.226 e. The molecular formula is C17H33ClN2O2. The van der Waals surface area contributed by atoms with Gasteiger partial charge in [0.05, 0.1) is 5.41 Å². The average Bonchev–Trinajstić information content (AvgIpc) is 2.71. The lowest BCUT2D eigenvalue weighted by atomic mass is 9.66. The molecule has 0 atom stereocenters. The molecule has 0 aromatic heterocycles. The van der Waals surface area contributed by atoms with Crippen molar-refractivity contribution in [1.82, 2.24) is 10.6 Å². The molecule has 2 saturated carbocycles. The van der Waals surface area contributed by atoms with Crippen LogP contribution in [0.2, 0.25) is 0 Å². The van der Waals surface area contributed by atoms with Gasteiger partial charge in [0.2, 0.25) is 5.91 Å². The molecule has 0 aliphatic heterocycles. The SMILES string of the molecule is COCCC1(C(=O)NCCNC2CCCCCC2)CCC1.Cl. The van der Waals surface area contributed by atoms with Crippen LogP contribution in [0.1, 0.15) is 64.2 Å². The average molecular weight is 333 g/mol. The standard InChI is InChI=1S/C17H32N2O2.ClH/c1-21-14-11-17(9-6-10-17)16(20)19-13-12-18-15-7-4-2-3-5-8-15;/h15,18H,2-14H2,1H3,(H,19,20);1H. The minimum absolute atomic E-state index is 0. The van der Waals surface area contributed by atoms with E-state index in [1.165, 1.54) is 44.9 Å². The normalized spacial score (nSPS) is 21.3. The number of amides is 1. The molecule has 130 valence electrons. The van der Waals surface area contributed by atoms with Crippen LogP contribution < -0.4 is 10.6 Å². The summed E-state index contributed by atoms with van der Waals surface area (Å²) >= 11 is 0. The Morgan fingerprint density at radius 1 is 1.09 bits per heavy atom. The highest BCUT2D eigenvalue weighted by atomic mass is 35.5. The van der Waals surface area contributed by atoms with Crippen molar-refractivity contribution in [2.45, 2.75) is 70.3 Å². The summed E-state index contributed by atoms with van der Waals surface area (Å²) in [4.78, 5) is 12.4. The number of carbonyl (C=O) groups excluding carboxylic acids is 1. The van der Waals surface area contributed by atoms with E-state index >= 15 is 0 Å². The highest BCUT2D eigenvalue weighted by Gasteiger charge is 2.43. The predicted octanol–water partition coefficient (Wildman–Crippen LogP) is 3.04. The zero-order valence-electron chi connectivity index (χ0n) is 14.0. The van der Waals surface area contributed by atoms with Gasteiger partial charge in [-0.3, -0.25) is 4.79 Å². The van der Waals surface area contributed by atoms with Gasteiger partial charge in [-0.2, -0.15) is 0 Å². The van der Waals surface area contributed by atoms with Gasteiger partial charge in [-0.15, -0.1) is 12.4 Å². The molecule has 0 aromatic rings. The number of hydrogen-bond acceptors (Lipinski definition) is 3. The Kier molecular flexibility index (Phi) is 9.37. The van der Waals surface area contributed by atoms with Crippen LogP contribution in [0.4, 0.5) is 0 Å². The number of halogens is 1. The van der Waals surface area contributed by atoms with Gasteiger partial charge < -0.3 is 15.4 Å². The van der Waals surface area contributed by atoms with Crippen LogP contribution in [0.3, 0.4) is 0 Å². The molecule has 2 aliphatic carbocycles. The van der Waals surface area contributed by atoms with Gasteiger partial charge in [-0.05, 0) is 32.1 Å². The van der Waals surface area contributed by atoms with E-state index in [1.54, 1.807) is 7.11 Å². The molecule has 4 nitrogen and oxygen atoms in total. The van der Waals surface area contributed by atoms with Crippen LogP contribution in [0.15, 0.2) is 0 Å². The molecule has 0 saturated heterocycles. The molecule has 0 heterocycles. The molecule has 2 N–H and O–H groups in total. The second-order valence-corrected chi connectivity index (χ2v) is 6.78. The minimum atomic E-state index is -0.127. The number of methoxy groups -OCH3 is 1. The first-order valence-corrected chi connectivity index (χ1v) is 8.77. The van der Waals surface area contributed by atoms with Crippen molar-refractivity contribution >= 4 is 18.3 Å². The molecule has 0 radical (unpaired) electrons. The van der Waals surface area contributed by atoms with Crippen LogP contribution in [-0.2, 0) is 9.53 Å². The summed E-state index contributed by atoms with van der Waals surface area (Å²) in [5.74, 6) is 0.244. The third-order valence-corrected chi connectivity index (χ3v) is 5.28. The largest absolute Gasteiger partial charge is 0.385 e. The Hall–Kier alpha value is -0.320. The third-order valence-electron chi connectivity index (χ3n) is 5.28. The van der Waals surface area contributed by atoms with Crippen LogP contribution in [0, 0.1) is 5.41 Å². The zero-order chi connectivity index (χ0) is 15.0. The van der Waals surface area contributed by atoms with Crippen LogP contribution in [-0.4, -0.2) is 38.8 Å². The summed E-state index contributed by atoms with van der Waals surface area (Å²) in [6, 6.07) is 0.663. The van der Waals surface area contributed by atoms with Crippen molar-refractivity contribution in [2.24, 2.45) is 5.41 Å². The summed E-state index contributed by atoms with van der Waals surface area (Å²) < 4.78 is 5.15. The molecule has 2 aliphatic rings. The summed E-state index contributed by atoms with van der Waals surface area (Å²) in [6.45, 7) is 2.34. The van der Waals surface area contributed by atoms with E-state index in [0.717, 1.165) is 32.4 Å². The maximum atomic E-state index is 12.4. The molecule has 1 amide bonds. The van der Waals surface area contributed by atoms with Gasteiger partial charge >= 0.3 is 0 Å². The first-order valence-electron chi connectivity index (χ1n) is 8.77. The van der Waals surface area contributed by atoms with E-state index in [4.69, 9.17) is 4.74 Å². The van der Waals surface area contributed by atoms with Gasteiger partial charge in [0.25, 0.3) is 0 Å². The van der Waals surface area contributed by atoms with E-state index in [9.17, 15) is 4.79 Å². The van der Waals surface area contributed by atoms with Crippen molar-refractivity contribution in [1.29, 1.82) is 0 Å². The lowest BCUT2D eigenvalue weighted by molar-refractivity contribution is -0.137. The molecule has 22 heavy (non-hydrogen) atoms. The molecule has 0 aromatic carbocycles. The van der Waals surface area contributed by atoms with Crippen molar-refractivity contribution < 1.29 is 9.53 Å². The molecule has 2 fully saturated rings. The molecule has 5 heteroatoms. The van der Waals surface area contributed by atoms with Gasteiger partial charge in [0.15, 0.2) is 0 Å². The topological polar surface area (TPSA) is 50.4 Å². The first-order chi connectivity index (χ1) is 10.3. The molecule has 0 unspecified atom stereocenters. The number of rotatable bonds is 8. The van der Waals surface area contributed by atoms with Gasteiger partial charge in [0, 0.05) is 32.8 Å². The van der Waals surface area contributed by atoms with Crippen LogP contribution in [0.5, 0.6) is 0 Å². The second-order valence-electron chi connectivity index (χ2n) is 6.78. The van der Waals surface area contributed by atoms with Gasteiger partial charge in [-0.1, -0.05) is 32.1 Å². The molecule has 2 rings (SSSR count). The van der Waals surface area contributed by atoms with Crippen LogP contribution in [0.25, 0.3) is 0 Å². The van der Waals surface area contributed by atoms with Gasteiger partial charge in [0.1, 0.15) is 0 Å². The fraction of sp³-hybridized carbons (Fsp3) is 0.941. The summed E-state index contributed by atoms with van der Waals surface area (Å²) in [5, 5.41) is 6.74. The Labute approximate surface area is 141 Å². The fourth-order valence-electron chi connectivity index (χ4n) is 3.61. The number of hydrogen-bond donors (Lipinski definition) is 2. The van der Waals surface area contributed by atoms with E-state index in [-0.39, 0.29) is 23.7 Å². The van der Waals surface area contributed by atoms with Gasteiger partial charge in [-0.25, -0.2) is 0 Å². The van der Waals surface area contributed by atoms with E-state index in [0.29, 0.717) is 12.6 Å². The number of ether oxygens (including phenoxy) is 1. The van der Waals surface area contributed by atoms with Crippen molar-refractivity contribution in [2.75, 3.05) is 26.8 Å². The Balaban J connectivity index is 0.00000242. The Bertz CT molecular complexity index is 314. The smallest absolute Gasteiger partial charge is 0.226 e. The Morgan fingerprint density at radius 2 is 1.77 bits per heavy atom. The summed E-state index contributed by atoms with van der Waals surface area (Å²) in [7, 11) is 1.71. The number of nitrogens with one attached hydrogen (secondary N) is 2. The quantitative estimate of drug-likeness (QED) is 0.530. The highest BCUT2D eigenvalue weighted by molar-refractivity contribution is 5.85. The third kappa shape index (κ3) is 5.71. The predicted molar refractivity (Wildman–Crippen MR) is 92.5 cm³/mol. The van der Waals surface area contributed by atoms with Crippen molar-refractivity contribution in [3.63, 3.8) is 0 Å². The van der Waals surface area contributed by atoms with Crippen LogP contribution >= 0.6 is 12.4 Å². The second kappa shape index (κ2) is 10.5. The maximum absolute atomic E-state index is 12.4. The lowest BCUT2D eigenvalue weighted by Crippen LogP contribution is -2.48. The monoisotopic (exact) mass is 332 g/mol. The molecular weight excluding hydrogens is 300 g/mol. The Morgan fingerprint density at radius 3 is 2.32 bits per heavy atom. The van der Waals surface area contributed by atoms with Crippen molar-refractivity contribution in [3.8, 4) is 0 Å². The summed E-state index contributed by atoms with van der Waals surface area (Å²) in [6.07, 6.45) is 12.2.